The maximum absolute atomic E-state index is 12.1. The van der Waals surface area contributed by atoms with Crippen LogP contribution in [0.2, 0.25) is 0 Å². The lowest BCUT2D eigenvalue weighted by atomic mass is 10.1. The Hall–Kier alpha value is -0.610. The molecule has 0 spiro atoms. The number of rotatable bonds is 5. The van der Waals surface area contributed by atoms with Gasteiger partial charge in [0.25, 0.3) is 0 Å². The van der Waals surface area contributed by atoms with Gasteiger partial charge < -0.3 is 10.2 Å². The summed E-state index contributed by atoms with van der Waals surface area (Å²) in [4.78, 5) is 16.2. The van der Waals surface area contributed by atoms with Gasteiger partial charge in [-0.3, -0.25) is 9.69 Å². The molecule has 4 heteroatoms. The second-order valence-corrected chi connectivity index (χ2v) is 5.19. The fourth-order valence-electron chi connectivity index (χ4n) is 2.15. The van der Waals surface area contributed by atoms with Crippen molar-refractivity contribution in [3.8, 4) is 0 Å². The lowest BCUT2D eigenvalue weighted by Gasteiger charge is -2.25. The van der Waals surface area contributed by atoms with E-state index in [4.69, 9.17) is 0 Å². The van der Waals surface area contributed by atoms with Crippen LogP contribution in [0.4, 0.5) is 0 Å². The molecule has 0 aromatic heterocycles. The van der Waals surface area contributed by atoms with Crippen molar-refractivity contribution >= 4 is 5.91 Å². The molecule has 1 rings (SSSR count). The molecule has 0 aromatic carbocycles. The first-order valence-electron chi connectivity index (χ1n) is 6.80. The van der Waals surface area contributed by atoms with Crippen molar-refractivity contribution in [2.75, 3.05) is 46.3 Å². The first-order valence-corrected chi connectivity index (χ1v) is 6.80. The maximum Gasteiger partial charge on any atom is 0.236 e. The van der Waals surface area contributed by atoms with Crippen LogP contribution in [0.15, 0.2) is 0 Å². The van der Waals surface area contributed by atoms with Crippen LogP contribution in [0.1, 0.15) is 26.7 Å². The number of amides is 1. The van der Waals surface area contributed by atoms with Gasteiger partial charge in [-0.05, 0) is 25.9 Å². The van der Waals surface area contributed by atoms with Gasteiger partial charge in [-0.25, -0.2) is 0 Å². The molecule has 1 aliphatic rings. The fourth-order valence-corrected chi connectivity index (χ4v) is 2.15. The van der Waals surface area contributed by atoms with Crippen molar-refractivity contribution in [1.82, 2.24) is 15.1 Å². The summed E-state index contributed by atoms with van der Waals surface area (Å²) in [5, 5.41) is 3.32. The quantitative estimate of drug-likeness (QED) is 0.773. The lowest BCUT2D eigenvalue weighted by Crippen LogP contribution is -2.41. The standard InChI is InChI=1S/C13H27N3O/c1-4-12(2)10-15(3)11-13(17)16-8-5-6-14-7-9-16/h12,14H,4-11H2,1-3H3. The molecule has 0 aromatic rings. The summed E-state index contributed by atoms with van der Waals surface area (Å²) in [6.07, 6.45) is 2.24. The smallest absolute Gasteiger partial charge is 0.236 e. The van der Waals surface area contributed by atoms with Crippen molar-refractivity contribution < 1.29 is 4.79 Å². The van der Waals surface area contributed by atoms with E-state index in [-0.39, 0.29) is 5.91 Å². The molecule has 1 fully saturated rings. The average Bonchev–Trinajstić information content (AvgIpc) is 2.57. The molecule has 100 valence electrons. The molecule has 1 heterocycles. The van der Waals surface area contributed by atoms with Gasteiger partial charge in [0, 0.05) is 26.2 Å². The number of hydrogen-bond donors (Lipinski definition) is 1. The highest BCUT2D eigenvalue weighted by Gasteiger charge is 2.17. The Morgan fingerprint density at radius 2 is 2.18 bits per heavy atom. The van der Waals surface area contributed by atoms with E-state index in [0.717, 1.165) is 39.1 Å². The Bertz CT molecular complexity index is 225. The van der Waals surface area contributed by atoms with E-state index >= 15 is 0 Å². The number of likely N-dealkylation sites (N-methyl/N-ethyl adjacent to an activating group) is 1. The molecule has 1 saturated heterocycles. The van der Waals surface area contributed by atoms with Crippen LogP contribution in [0.25, 0.3) is 0 Å². The fraction of sp³-hybridized carbons (Fsp3) is 0.923. The minimum atomic E-state index is 0.277. The van der Waals surface area contributed by atoms with Crippen molar-refractivity contribution in [3.63, 3.8) is 0 Å². The molecule has 0 aliphatic carbocycles. The molecular formula is C13H27N3O. The number of nitrogens with zero attached hydrogens (tertiary/aromatic N) is 2. The maximum atomic E-state index is 12.1. The number of carbonyl (C=O) groups excluding carboxylic acids is 1. The molecule has 0 radical (unpaired) electrons. The third kappa shape index (κ3) is 5.50. The summed E-state index contributed by atoms with van der Waals surface area (Å²) >= 11 is 0. The van der Waals surface area contributed by atoms with Crippen LogP contribution in [0.3, 0.4) is 0 Å². The molecule has 1 amide bonds. The topological polar surface area (TPSA) is 35.6 Å². The average molecular weight is 241 g/mol. The molecule has 0 saturated carbocycles. The summed E-state index contributed by atoms with van der Waals surface area (Å²) in [5.41, 5.74) is 0. The van der Waals surface area contributed by atoms with Gasteiger partial charge in [-0.1, -0.05) is 20.3 Å². The van der Waals surface area contributed by atoms with Crippen LogP contribution in [0.5, 0.6) is 0 Å². The van der Waals surface area contributed by atoms with Crippen LogP contribution in [-0.2, 0) is 4.79 Å². The van der Waals surface area contributed by atoms with Crippen molar-refractivity contribution in [3.05, 3.63) is 0 Å². The molecule has 1 aliphatic heterocycles. The van der Waals surface area contributed by atoms with E-state index in [2.05, 4.69) is 24.1 Å². The van der Waals surface area contributed by atoms with E-state index in [0.29, 0.717) is 12.5 Å². The first kappa shape index (κ1) is 14.5. The minimum absolute atomic E-state index is 0.277. The highest BCUT2D eigenvalue weighted by molar-refractivity contribution is 5.78. The van der Waals surface area contributed by atoms with Crippen LogP contribution < -0.4 is 5.32 Å². The molecule has 0 bridgehead atoms. The van der Waals surface area contributed by atoms with Gasteiger partial charge in [0.05, 0.1) is 6.54 Å². The van der Waals surface area contributed by atoms with Crippen LogP contribution >= 0.6 is 0 Å². The second kappa shape index (κ2) is 7.67. The zero-order chi connectivity index (χ0) is 12.7. The zero-order valence-corrected chi connectivity index (χ0v) is 11.5. The Kier molecular flexibility index (Phi) is 6.52. The third-order valence-corrected chi connectivity index (χ3v) is 3.42. The summed E-state index contributed by atoms with van der Waals surface area (Å²) < 4.78 is 0. The van der Waals surface area contributed by atoms with Gasteiger partial charge in [0.1, 0.15) is 0 Å². The van der Waals surface area contributed by atoms with E-state index < -0.39 is 0 Å². The normalized spacial score (nSPS) is 19.2. The molecule has 1 unspecified atom stereocenters. The number of nitrogens with one attached hydrogen (secondary N) is 1. The van der Waals surface area contributed by atoms with Crippen molar-refractivity contribution in [2.45, 2.75) is 26.7 Å². The summed E-state index contributed by atoms with van der Waals surface area (Å²) in [5.74, 6) is 0.943. The van der Waals surface area contributed by atoms with Gasteiger partial charge in [0.15, 0.2) is 0 Å². The third-order valence-electron chi connectivity index (χ3n) is 3.42. The first-order chi connectivity index (χ1) is 8.13. The van der Waals surface area contributed by atoms with Crippen LogP contribution in [-0.4, -0.2) is 62.0 Å². The predicted molar refractivity (Wildman–Crippen MR) is 71.0 cm³/mol. The summed E-state index contributed by atoms with van der Waals surface area (Å²) in [6, 6.07) is 0. The largest absolute Gasteiger partial charge is 0.340 e. The van der Waals surface area contributed by atoms with Gasteiger partial charge >= 0.3 is 0 Å². The van der Waals surface area contributed by atoms with Crippen molar-refractivity contribution in [2.24, 2.45) is 5.92 Å². The Morgan fingerprint density at radius 3 is 2.88 bits per heavy atom. The van der Waals surface area contributed by atoms with E-state index in [1.165, 1.54) is 6.42 Å². The second-order valence-electron chi connectivity index (χ2n) is 5.19. The predicted octanol–water partition coefficient (Wildman–Crippen LogP) is 0.786. The lowest BCUT2D eigenvalue weighted by molar-refractivity contribution is -0.132. The SMILES string of the molecule is CCC(C)CN(C)CC(=O)N1CCCNCC1. The summed E-state index contributed by atoms with van der Waals surface area (Å²) in [6.45, 7) is 9.72. The van der Waals surface area contributed by atoms with E-state index in [1.807, 2.05) is 11.9 Å². The summed E-state index contributed by atoms with van der Waals surface area (Å²) in [7, 11) is 2.04. The Labute approximate surface area is 105 Å². The highest BCUT2D eigenvalue weighted by atomic mass is 16.2. The number of hydrogen-bond acceptors (Lipinski definition) is 3. The van der Waals surface area contributed by atoms with E-state index in [9.17, 15) is 4.79 Å². The monoisotopic (exact) mass is 241 g/mol. The molecule has 1 atom stereocenters. The van der Waals surface area contributed by atoms with E-state index in [1.54, 1.807) is 0 Å². The van der Waals surface area contributed by atoms with Gasteiger partial charge in [-0.2, -0.15) is 0 Å². The highest BCUT2D eigenvalue weighted by Crippen LogP contribution is 2.03. The number of carbonyl (C=O) groups is 1. The van der Waals surface area contributed by atoms with Crippen molar-refractivity contribution in [1.29, 1.82) is 0 Å². The van der Waals surface area contributed by atoms with Gasteiger partial charge in [0.2, 0.25) is 5.91 Å². The molecule has 17 heavy (non-hydrogen) atoms. The van der Waals surface area contributed by atoms with Crippen LogP contribution in [0, 0.1) is 5.92 Å². The molecule has 1 N–H and O–H groups in total. The zero-order valence-electron chi connectivity index (χ0n) is 11.5. The molecular weight excluding hydrogens is 214 g/mol. The minimum Gasteiger partial charge on any atom is -0.340 e. The Balaban J connectivity index is 2.31. The Morgan fingerprint density at radius 1 is 1.41 bits per heavy atom. The van der Waals surface area contributed by atoms with Gasteiger partial charge in [-0.15, -0.1) is 0 Å². The molecule has 4 nitrogen and oxygen atoms in total.